The van der Waals surface area contributed by atoms with Gasteiger partial charge in [-0.1, -0.05) is 6.42 Å². The highest BCUT2D eigenvalue weighted by atomic mass is 79.9. The molecule has 0 bridgehead atoms. The normalized spacial score (nSPS) is 21.4. The quantitative estimate of drug-likeness (QED) is 0.832. The lowest BCUT2D eigenvalue weighted by molar-refractivity contribution is 0.194. The molecule has 5 nitrogen and oxygen atoms in total. The lowest BCUT2D eigenvalue weighted by atomic mass is 10.0. The van der Waals surface area contributed by atoms with E-state index in [1.165, 1.54) is 25.8 Å². The standard InChI is InChI=1S/C11H18BrN5/c1-17-5-3-2-4-8(17)7-14-11-15-9(12)6-10(13)16-11/h6,8H,2-5,7H2,1H3,(H3,13,14,15,16). The van der Waals surface area contributed by atoms with E-state index >= 15 is 0 Å². The number of nitrogen functional groups attached to an aromatic ring is 1. The number of halogens is 1. The number of rotatable bonds is 3. The van der Waals surface area contributed by atoms with Gasteiger partial charge < -0.3 is 16.0 Å². The van der Waals surface area contributed by atoms with E-state index in [-0.39, 0.29) is 0 Å². The second-order valence-corrected chi connectivity index (χ2v) is 5.26. The number of anilines is 2. The largest absolute Gasteiger partial charge is 0.383 e. The second kappa shape index (κ2) is 5.64. The van der Waals surface area contributed by atoms with Gasteiger partial charge in [0, 0.05) is 18.7 Å². The summed E-state index contributed by atoms with van der Waals surface area (Å²) in [6.45, 7) is 2.04. The van der Waals surface area contributed by atoms with Crippen molar-refractivity contribution in [2.45, 2.75) is 25.3 Å². The zero-order valence-corrected chi connectivity index (χ0v) is 11.6. The van der Waals surface area contributed by atoms with Gasteiger partial charge in [0.2, 0.25) is 5.95 Å². The van der Waals surface area contributed by atoms with Crippen LogP contribution in [0.5, 0.6) is 0 Å². The molecule has 1 fully saturated rings. The number of nitrogens with two attached hydrogens (primary N) is 1. The van der Waals surface area contributed by atoms with Crippen LogP contribution in [-0.2, 0) is 0 Å². The molecule has 6 heteroatoms. The highest BCUT2D eigenvalue weighted by molar-refractivity contribution is 9.10. The van der Waals surface area contributed by atoms with Crippen molar-refractivity contribution >= 4 is 27.7 Å². The molecular weight excluding hydrogens is 282 g/mol. The molecule has 1 unspecified atom stereocenters. The zero-order chi connectivity index (χ0) is 12.3. The van der Waals surface area contributed by atoms with E-state index < -0.39 is 0 Å². The third-order valence-corrected chi connectivity index (χ3v) is 3.54. The summed E-state index contributed by atoms with van der Waals surface area (Å²) < 4.78 is 0.712. The number of piperidine rings is 1. The minimum absolute atomic E-state index is 0.478. The van der Waals surface area contributed by atoms with Gasteiger partial charge in [-0.15, -0.1) is 0 Å². The molecule has 94 valence electrons. The van der Waals surface area contributed by atoms with Gasteiger partial charge in [0.05, 0.1) is 0 Å². The fraction of sp³-hybridized carbons (Fsp3) is 0.636. The minimum atomic E-state index is 0.478. The summed E-state index contributed by atoms with van der Waals surface area (Å²) in [5.74, 6) is 1.07. The summed E-state index contributed by atoms with van der Waals surface area (Å²) in [5, 5.41) is 3.25. The van der Waals surface area contributed by atoms with Crippen LogP contribution in [-0.4, -0.2) is 41.0 Å². The molecule has 3 N–H and O–H groups in total. The van der Waals surface area contributed by atoms with Crippen molar-refractivity contribution < 1.29 is 0 Å². The van der Waals surface area contributed by atoms with Gasteiger partial charge in [0.1, 0.15) is 10.4 Å². The Balaban J connectivity index is 1.92. The average Bonchev–Trinajstić information content (AvgIpc) is 2.27. The molecule has 17 heavy (non-hydrogen) atoms. The Kier molecular flexibility index (Phi) is 4.17. The lowest BCUT2D eigenvalue weighted by Crippen LogP contribution is -2.41. The molecule has 0 aromatic carbocycles. The third kappa shape index (κ3) is 3.54. The number of nitrogens with zero attached hydrogens (tertiary/aromatic N) is 3. The highest BCUT2D eigenvalue weighted by Crippen LogP contribution is 2.16. The molecule has 2 rings (SSSR count). The molecule has 0 saturated carbocycles. The monoisotopic (exact) mass is 299 g/mol. The van der Waals surface area contributed by atoms with Gasteiger partial charge >= 0.3 is 0 Å². The predicted octanol–water partition coefficient (Wildman–Crippen LogP) is 1.72. The van der Waals surface area contributed by atoms with Crippen molar-refractivity contribution in [2.24, 2.45) is 0 Å². The summed E-state index contributed by atoms with van der Waals surface area (Å²) in [6.07, 6.45) is 3.83. The van der Waals surface area contributed by atoms with Crippen molar-refractivity contribution in [3.63, 3.8) is 0 Å². The van der Waals surface area contributed by atoms with Crippen LogP contribution in [0.3, 0.4) is 0 Å². The highest BCUT2D eigenvalue weighted by Gasteiger charge is 2.18. The Morgan fingerprint density at radius 1 is 1.53 bits per heavy atom. The first-order valence-corrected chi connectivity index (χ1v) is 6.68. The molecule has 0 amide bonds. The van der Waals surface area contributed by atoms with Crippen LogP contribution in [0.1, 0.15) is 19.3 Å². The molecule has 1 saturated heterocycles. The first kappa shape index (κ1) is 12.6. The number of likely N-dealkylation sites (N-methyl/N-ethyl adjacent to an activating group) is 1. The summed E-state index contributed by atoms with van der Waals surface area (Å²) >= 11 is 3.31. The van der Waals surface area contributed by atoms with Crippen LogP contribution in [0, 0.1) is 0 Å². The van der Waals surface area contributed by atoms with Crippen molar-refractivity contribution in [3.05, 3.63) is 10.7 Å². The number of likely N-dealkylation sites (tertiary alicyclic amines) is 1. The van der Waals surface area contributed by atoms with Gasteiger partial charge in [0.25, 0.3) is 0 Å². The topological polar surface area (TPSA) is 67.1 Å². The van der Waals surface area contributed by atoms with Gasteiger partial charge in [0.15, 0.2) is 0 Å². The van der Waals surface area contributed by atoms with Gasteiger partial charge in [-0.25, -0.2) is 4.98 Å². The van der Waals surface area contributed by atoms with Crippen molar-refractivity contribution in [2.75, 3.05) is 31.2 Å². The van der Waals surface area contributed by atoms with Crippen LogP contribution in [0.25, 0.3) is 0 Å². The number of aromatic nitrogens is 2. The molecule has 2 heterocycles. The van der Waals surface area contributed by atoms with Crippen molar-refractivity contribution in [3.8, 4) is 0 Å². The maximum atomic E-state index is 5.66. The molecule has 1 aliphatic heterocycles. The van der Waals surface area contributed by atoms with Gasteiger partial charge in [-0.05, 0) is 42.4 Å². The average molecular weight is 300 g/mol. The smallest absolute Gasteiger partial charge is 0.225 e. The van der Waals surface area contributed by atoms with Crippen LogP contribution < -0.4 is 11.1 Å². The Hall–Kier alpha value is -0.880. The van der Waals surface area contributed by atoms with Crippen molar-refractivity contribution in [1.29, 1.82) is 0 Å². The summed E-state index contributed by atoms with van der Waals surface area (Å²) in [4.78, 5) is 10.8. The SMILES string of the molecule is CN1CCCCC1CNc1nc(N)cc(Br)n1. The summed E-state index contributed by atoms with van der Waals surface area (Å²) in [5.41, 5.74) is 5.66. The lowest BCUT2D eigenvalue weighted by Gasteiger charge is -2.32. The summed E-state index contributed by atoms with van der Waals surface area (Å²) in [7, 11) is 2.17. The van der Waals surface area contributed by atoms with Crippen LogP contribution >= 0.6 is 15.9 Å². The van der Waals surface area contributed by atoms with Crippen LogP contribution in [0.2, 0.25) is 0 Å². The number of hydrogen-bond donors (Lipinski definition) is 2. The Morgan fingerprint density at radius 3 is 3.06 bits per heavy atom. The predicted molar refractivity (Wildman–Crippen MR) is 72.9 cm³/mol. The first-order valence-electron chi connectivity index (χ1n) is 5.89. The van der Waals surface area contributed by atoms with E-state index in [4.69, 9.17) is 5.73 Å². The Morgan fingerprint density at radius 2 is 2.35 bits per heavy atom. The molecule has 0 radical (unpaired) electrons. The molecular formula is C11H18BrN5. The molecule has 1 atom stereocenters. The molecule has 1 aromatic heterocycles. The van der Waals surface area contributed by atoms with E-state index in [1.54, 1.807) is 6.07 Å². The Bertz CT molecular complexity index is 364. The van der Waals surface area contributed by atoms with Gasteiger partial charge in [-0.3, -0.25) is 0 Å². The maximum Gasteiger partial charge on any atom is 0.225 e. The molecule has 1 aromatic rings. The minimum Gasteiger partial charge on any atom is -0.383 e. The van der Waals surface area contributed by atoms with Gasteiger partial charge in [-0.2, -0.15) is 4.98 Å². The van der Waals surface area contributed by atoms with E-state index in [1.807, 2.05) is 0 Å². The maximum absolute atomic E-state index is 5.66. The third-order valence-electron chi connectivity index (χ3n) is 3.13. The summed E-state index contributed by atoms with van der Waals surface area (Å²) in [6, 6.07) is 2.25. The number of hydrogen-bond acceptors (Lipinski definition) is 5. The van der Waals surface area contributed by atoms with E-state index in [2.05, 4.69) is 43.2 Å². The molecule has 0 spiro atoms. The van der Waals surface area contributed by atoms with Crippen LogP contribution in [0.4, 0.5) is 11.8 Å². The molecule has 0 aliphatic carbocycles. The zero-order valence-electron chi connectivity index (χ0n) is 9.99. The van der Waals surface area contributed by atoms with E-state index in [0.29, 0.717) is 22.4 Å². The van der Waals surface area contributed by atoms with E-state index in [0.717, 1.165) is 6.54 Å². The van der Waals surface area contributed by atoms with E-state index in [9.17, 15) is 0 Å². The molecule has 1 aliphatic rings. The fourth-order valence-corrected chi connectivity index (χ4v) is 2.53. The van der Waals surface area contributed by atoms with Crippen molar-refractivity contribution in [1.82, 2.24) is 14.9 Å². The second-order valence-electron chi connectivity index (χ2n) is 4.45. The van der Waals surface area contributed by atoms with Crippen LogP contribution in [0.15, 0.2) is 10.7 Å². The fourth-order valence-electron chi connectivity index (χ4n) is 2.13. The Labute approximate surface area is 110 Å². The first-order chi connectivity index (χ1) is 8.15. The number of nitrogens with one attached hydrogen (secondary N) is 1.